The second-order valence-electron chi connectivity index (χ2n) is 5.60. The number of sulfonamides is 1. The molecule has 0 aliphatic carbocycles. The number of hydrogen-bond acceptors (Lipinski definition) is 6. The highest BCUT2D eigenvalue weighted by molar-refractivity contribution is 7.90. The average Bonchev–Trinajstić information content (AvgIpc) is 2.81. The minimum atomic E-state index is -3.71. The van der Waals surface area contributed by atoms with Crippen LogP contribution in [-0.4, -0.2) is 39.3 Å². The van der Waals surface area contributed by atoms with E-state index in [1.54, 1.807) is 0 Å². The SMILES string of the molecule is CC(=O)OCC(=O)Nc1ccc(S(=O)(=O)NC2=NCCCCC2)cc1. The van der Waals surface area contributed by atoms with Crippen LogP contribution in [0.3, 0.4) is 0 Å². The van der Waals surface area contributed by atoms with Crippen molar-refractivity contribution in [1.29, 1.82) is 0 Å². The number of nitrogens with zero attached hydrogens (tertiary/aromatic N) is 1. The summed E-state index contributed by atoms with van der Waals surface area (Å²) in [5, 5.41) is 2.51. The van der Waals surface area contributed by atoms with Crippen LogP contribution in [-0.2, 0) is 24.3 Å². The predicted octanol–water partition coefficient (Wildman–Crippen LogP) is 1.44. The van der Waals surface area contributed by atoms with Gasteiger partial charge in [-0.1, -0.05) is 6.42 Å². The molecule has 1 aromatic rings. The van der Waals surface area contributed by atoms with Gasteiger partial charge in [-0.05, 0) is 37.1 Å². The zero-order valence-electron chi connectivity index (χ0n) is 13.9. The van der Waals surface area contributed by atoms with Gasteiger partial charge in [0.25, 0.3) is 15.9 Å². The number of amides is 1. The van der Waals surface area contributed by atoms with E-state index in [-0.39, 0.29) is 4.90 Å². The molecule has 0 radical (unpaired) electrons. The summed E-state index contributed by atoms with van der Waals surface area (Å²) in [6.45, 7) is 1.44. The number of anilines is 1. The second-order valence-corrected chi connectivity index (χ2v) is 7.28. The van der Waals surface area contributed by atoms with Crippen molar-refractivity contribution in [2.75, 3.05) is 18.5 Å². The van der Waals surface area contributed by atoms with E-state index >= 15 is 0 Å². The average molecular weight is 367 g/mol. The molecule has 1 aromatic carbocycles. The first-order valence-electron chi connectivity index (χ1n) is 7.96. The van der Waals surface area contributed by atoms with Crippen LogP contribution in [0.25, 0.3) is 0 Å². The first kappa shape index (κ1) is 18.9. The molecule has 9 heteroatoms. The van der Waals surface area contributed by atoms with E-state index in [4.69, 9.17) is 0 Å². The zero-order valence-corrected chi connectivity index (χ0v) is 14.8. The van der Waals surface area contributed by atoms with Crippen LogP contribution in [0.4, 0.5) is 5.69 Å². The van der Waals surface area contributed by atoms with Gasteiger partial charge in [0.05, 0.1) is 4.90 Å². The third-order valence-electron chi connectivity index (χ3n) is 3.48. The molecule has 1 heterocycles. The van der Waals surface area contributed by atoms with E-state index in [9.17, 15) is 18.0 Å². The molecule has 2 N–H and O–H groups in total. The Kier molecular flexibility index (Phi) is 6.51. The molecule has 136 valence electrons. The molecule has 25 heavy (non-hydrogen) atoms. The number of hydrogen-bond donors (Lipinski definition) is 2. The Labute approximate surface area is 146 Å². The van der Waals surface area contributed by atoms with Crippen LogP contribution >= 0.6 is 0 Å². The number of nitrogens with one attached hydrogen (secondary N) is 2. The summed E-state index contributed by atoms with van der Waals surface area (Å²) in [6, 6.07) is 5.71. The maximum atomic E-state index is 12.4. The first-order chi connectivity index (χ1) is 11.9. The number of rotatable bonds is 5. The lowest BCUT2D eigenvalue weighted by atomic mass is 10.2. The van der Waals surface area contributed by atoms with Gasteiger partial charge in [0.1, 0.15) is 5.84 Å². The topological polar surface area (TPSA) is 114 Å². The molecule has 0 saturated heterocycles. The van der Waals surface area contributed by atoms with Crippen molar-refractivity contribution in [1.82, 2.24) is 4.72 Å². The summed E-state index contributed by atoms with van der Waals surface area (Å²) in [5.74, 6) is -0.572. The van der Waals surface area contributed by atoms with Crippen LogP contribution in [0.1, 0.15) is 32.6 Å². The van der Waals surface area contributed by atoms with E-state index in [0.29, 0.717) is 24.5 Å². The molecule has 0 bridgehead atoms. The van der Waals surface area contributed by atoms with Gasteiger partial charge in [-0.2, -0.15) is 0 Å². The Morgan fingerprint density at radius 1 is 1.16 bits per heavy atom. The third kappa shape index (κ3) is 6.18. The third-order valence-corrected chi connectivity index (χ3v) is 4.88. The standard InChI is InChI=1S/C16H21N3O5S/c1-12(20)24-11-16(21)18-13-6-8-14(9-7-13)25(22,23)19-15-5-3-2-4-10-17-15/h6-9H,2-5,10-11H2,1H3,(H,17,19)(H,18,21). The summed E-state index contributed by atoms with van der Waals surface area (Å²) in [7, 11) is -3.71. The molecular formula is C16H21N3O5S. The van der Waals surface area contributed by atoms with Crippen molar-refractivity contribution >= 4 is 33.4 Å². The summed E-state index contributed by atoms with van der Waals surface area (Å²) in [6.07, 6.45) is 3.53. The van der Waals surface area contributed by atoms with Gasteiger partial charge < -0.3 is 10.1 Å². The van der Waals surface area contributed by atoms with Crippen LogP contribution < -0.4 is 10.0 Å². The molecule has 1 aliphatic rings. The molecule has 1 amide bonds. The Morgan fingerprint density at radius 3 is 2.56 bits per heavy atom. The quantitative estimate of drug-likeness (QED) is 0.765. The molecule has 0 unspecified atom stereocenters. The van der Waals surface area contributed by atoms with Crippen molar-refractivity contribution in [2.24, 2.45) is 4.99 Å². The lowest BCUT2D eigenvalue weighted by Crippen LogP contribution is -2.30. The lowest BCUT2D eigenvalue weighted by molar-refractivity contribution is -0.144. The molecule has 0 saturated carbocycles. The highest BCUT2D eigenvalue weighted by Gasteiger charge is 2.17. The number of carbonyl (C=O) groups is 2. The number of aliphatic imine (C=N–C) groups is 1. The van der Waals surface area contributed by atoms with Crippen molar-refractivity contribution in [3.05, 3.63) is 24.3 Å². The molecule has 8 nitrogen and oxygen atoms in total. The van der Waals surface area contributed by atoms with Crippen molar-refractivity contribution < 1.29 is 22.7 Å². The minimum absolute atomic E-state index is 0.0810. The second kappa shape index (κ2) is 8.61. The Morgan fingerprint density at radius 2 is 1.88 bits per heavy atom. The van der Waals surface area contributed by atoms with Gasteiger partial charge in [-0.15, -0.1) is 0 Å². The monoisotopic (exact) mass is 367 g/mol. The van der Waals surface area contributed by atoms with E-state index in [1.807, 2.05) is 0 Å². The highest BCUT2D eigenvalue weighted by Crippen LogP contribution is 2.15. The Bertz CT molecular complexity index is 756. The van der Waals surface area contributed by atoms with E-state index in [0.717, 1.165) is 19.3 Å². The van der Waals surface area contributed by atoms with Crippen LogP contribution in [0.5, 0.6) is 0 Å². The minimum Gasteiger partial charge on any atom is -0.456 e. The predicted molar refractivity (Wildman–Crippen MR) is 92.8 cm³/mol. The zero-order chi connectivity index (χ0) is 18.3. The Balaban J connectivity index is 1.99. The van der Waals surface area contributed by atoms with E-state index in [1.165, 1.54) is 31.2 Å². The highest BCUT2D eigenvalue weighted by atomic mass is 32.2. The fourth-order valence-corrected chi connectivity index (χ4v) is 3.34. The number of esters is 1. The normalized spacial score (nSPS) is 14.8. The lowest BCUT2D eigenvalue weighted by Gasteiger charge is -2.10. The molecule has 0 fully saturated rings. The summed E-state index contributed by atoms with van der Waals surface area (Å²) < 4.78 is 31.9. The van der Waals surface area contributed by atoms with Crippen LogP contribution in [0.2, 0.25) is 0 Å². The number of amidine groups is 1. The molecule has 1 aliphatic heterocycles. The van der Waals surface area contributed by atoms with Crippen LogP contribution in [0.15, 0.2) is 34.2 Å². The number of benzene rings is 1. The van der Waals surface area contributed by atoms with Gasteiger partial charge in [-0.3, -0.25) is 19.3 Å². The molecular weight excluding hydrogens is 346 g/mol. The van der Waals surface area contributed by atoms with Crippen LogP contribution in [0, 0.1) is 0 Å². The van der Waals surface area contributed by atoms with Gasteiger partial charge >= 0.3 is 5.97 Å². The summed E-state index contributed by atoms with van der Waals surface area (Å²) in [4.78, 5) is 26.5. The number of carbonyl (C=O) groups excluding carboxylic acids is 2. The van der Waals surface area contributed by atoms with Crippen molar-refractivity contribution in [3.63, 3.8) is 0 Å². The molecule has 0 spiro atoms. The fraction of sp³-hybridized carbons (Fsp3) is 0.438. The molecule has 0 aromatic heterocycles. The van der Waals surface area contributed by atoms with E-state index < -0.39 is 28.5 Å². The van der Waals surface area contributed by atoms with Crippen molar-refractivity contribution in [3.8, 4) is 0 Å². The maximum absolute atomic E-state index is 12.4. The maximum Gasteiger partial charge on any atom is 0.303 e. The smallest absolute Gasteiger partial charge is 0.303 e. The van der Waals surface area contributed by atoms with Gasteiger partial charge in [0.2, 0.25) is 0 Å². The van der Waals surface area contributed by atoms with E-state index in [2.05, 4.69) is 19.8 Å². The molecule has 2 rings (SSSR count). The summed E-state index contributed by atoms with van der Waals surface area (Å²) >= 11 is 0. The fourth-order valence-electron chi connectivity index (χ4n) is 2.25. The Hall–Kier alpha value is -2.42. The summed E-state index contributed by atoms with van der Waals surface area (Å²) in [5.41, 5.74) is 0.405. The van der Waals surface area contributed by atoms with Crippen molar-refractivity contribution in [2.45, 2.75) is 37.5 Å². The van der Waals surface area contributed by atoms with Gasteiger partial charge in [0.15, 0.2) is 6.61 Å². The van der Waals surface area contributed by atoms with Gasteiger partial charge in [0, 0.05) is 25.6 Å². The number of ether oxygens (including phenoxy) is 1. The van der Waals surface area contributed by atoms with Gasteiger partial charge in [-0.25, -0.2) is 8.42 Å². The largest absolute Gasteiger partial charge is 0.456 e. The first-order valence-corrected chi connectivity index (χ1v) is 9.44. The molecule has 0 atom stereocenters.